The Kier molecular flexibility index (Phi) is 17.6. The van der Waals surface area contributed by atoms with Gasteiger partial charge in [-0.2, -0.15) is 0 Å². The second kappa shape index (κ2) is 23.2. The molecule has 274 valence electrons. The van der Waals surface area contributed by atoms with Gasteiger partial charge in [-0.1, -0.05) is 24.3 Å². The highest BCUT2D eigenvalue weighted by atomic mass is 16.5. The molecule has 0 spiro atoms. The van der Waals surface area contributed by atoms with Crippen molar-refractivity contribution >= 4 is 0 Å². The second-order valence-corrected chi connectivity index (χ2v) is 12.1. The normalized spacial score (nSPS) is 10.9. The third-order valence-corrected chi connectivity index (χ3v) is 7.79. The number of ether oxygens (including phenoxy) is 4. The average molecular weight is 705 g/mol. The van der Waals surface area contributed by atoms with Crippen LogP contribution in [0.2, 0.25) is 0 Å². The molecule has 0 amide bonds. The number of aromatic nitrogens is 4. The van der Waals surface area contributed by atoms with Gasteiger partial charge in [0.15, 0.2) is 0 Å². The van der Waals surface area contributed by atoms with Crippen molar-refractivity contribution < 1.29 is 18.9 Å². The van der Waals surface area contributed by atoms with Crippen molar-refractivity contribution in [2.45, 2.75) is 51.9 Å². The third-order valence-electron chi connectivity index (χ3n) is 7.79. The predicted octanol–water partition coefficient (Wildman–Crippen LogP) is 7.79. The van der Waals surface area contributed by atoms with Crippen molar-refractivity contribution in [3.63, 3.8) is 0 Å². The zero-order chi connectivity index (χ0) is 36.6. The monoisotopic (exact) mass is 704 g/mol. The summed E-state index contributed by atoms with van der Waals surface area (Å²) in [6.07, 6.45) is 17.7. The molecule has 0 aromatic carbocycles. The molecule has 10 nitrogen and oxygen atoms in total. The van der Waals surface area contributed by atoms with E-state index in [1.807, 2.05) is 72.8 Å². The van der Waals surface area contributed by atoms with Gasteiger partial charge in [-0.15, -0.1) is 26.3 Å². The molecule has 10 heteroatoms. The highest BCUT2D eigenvalue weighted by Crippen LogP contribution is 2.20. The molecule has 0 N–H and O–H groups in total. The average Bonchev–Trinajstić information content (AvgIpc) is 3.15. The van der Waals surface area contributed by atoms with Crippen LogP contribution in [0.5, 0.6) is 23.0 Å². The predicted molar refractivity (Wildman–Crippen MR) is 206 cm³/mol. The maximum atomic E-state index is 5.94. The fraction of sp³-hybridized carbons (Fsp3) is 0.333. The van der Waals surface area contributed by atoms with Gasteiger partial charge in [0.1, 0.15) is 23.0 Å². The Balaban J connectivity index is 1.56. The van der Waals surface area contributed by atoms with Gasteiger partial charge in [0, 0.05) is 88.3 Å². The lowest BCUT2D eigenvalue weighted by molar-refractivity contribution is 0.177. The van der Waals surface area contributed by atoms with Crippen LogP contribution in [-0.2, 0) is 26.2 Å². The van der Waals surface area contributed by atoms with Crippen molar-refractivity contribution in [1.29, 1.82) is 0 Å². The smallest absolute Gasteiger partial charge is 0.122 e. The number of hydrogen-bond donors (Lipinski definition) is 0. The van der Waals surface area contributed by atoms with Gasteiger partial charge in [0.25, 0.3) is 0 Å². The molecule has 0 aliphatic rings. The second-order valence-electron chi connectivity index (χ2n) is 12.1. The summed E-state index contributed by atoms with van der Waals surface area (Å²) in [5, 5.41) is 0. The van der Waals surface area contributed by atoms with Crippen LogP contribution in [-0.4, -0.2) is 69.3 Å². The molecule has 0 saturated heterocycles. The van der Waals surface area contributed by atoms with Crippen molar-refractivity contribution in [2.75, 3.05) is 39.5 Å². The van der Waals surface area contributed by atoms with Crippen LogP contribution in [0.3, 0.4) is 0 Å². The Morgan fingerprint density at radius 3 is 0.904 bits per heavy atom. The highest BCUT2D eigenvalue weighted by Gasteiger charge is 2.16. The Labute approximate surface area is 309 Å². The van der Waals surface area contributed by atoms with Crippen molar-refractivity contribution in [3.05, 3.63) is 147 Å². The van der Waals surface area contributed by atoms with Gasteiger partial charge in [-0.3, -0.25) is 29.7 Å². The molecule has 4 rings (SSSR count). The fourth-order valence-electron chi connectivity index (χ4n) is 5.20. The Morgan fingerprint density at radius 1 is 0.423 bits per heavy atom. The Hall–Kier alpha value is -5.32. The van der Waals surface area contributed by atoms with Crippen LogP contribution in [0, 0.1) is 0 Å². The first-order chi connectivity index (χ1) is 25.6. The Bertz CT molecular complexity index is 1440. The van der Waals surface area contributed by atoms with Crippen molar-refractivity contribution in [2.24, 2.45) is 0 Å². The molecular weight excluding hydrogens is 653 g/mol. The van der Waals surface area contributed by atoms with E-state index in [0.29, 0.717) is 65.7 Å². The van der Waals surface area contributed by atoms with E-state index < -0.39 is 0 Å². The zero-order valence-corrected chi connectivity index (χ0v) is 30.3. The number of hydrogen-bond acceptors (Lipinski definition) is 10. The van der Waals surface area contributed by atoms with Gasteiger partial charge in [-0.25, -0.2) is 0 Å². The summed E-state index contributed by atoms with van der Waals surface area (Å²) < 4.78 is 23.8. The maximum Gasteiger partial charge on any atom is 0.122 e. The van der Waals surface area contributed by atoms with Gasteiger partial charge >= 0.3 is 0 Å². The summed E-state index contributed by atoms with van der Waals surface area (Å²) in [4.78, 5) is 23.4. The molecule has 4 heterocycles. The van der Waals surface area contributed by atoms with Crippen LogP contribution in [0.25, 0.3) is 0 Å². The summed E-state index contributed by atoms with van der Waals surface area (Å²) in [7, 11) is 0. The molecular formula is C42H52N6O4. The fourth-order valence-corrected chi connectivity index (χ4v) is 5.20. The minimum atomic E-state index is 0.567. The largest absolute Gasteiger partial charge is 0.493 e. The quantitative estimate of drug-likeness (QED) is 0.0452. The first kappa shape index (κ1) is 39.5. The minimum absolute atomic E-state index is 0.567. The molecule has 0 saturated carbocycles. The van der Waals surface area contributed by atoms with Gasteiger partial charge < -0.3 is 18.9 Å². The SMILES string of the molecule is C=CCCOc1ccnc(CN(CCN(Cc2cc(OCCC=C)ccn2)Cc2cc(OCCC=C)ccn2)Cc2cc(OCCC=C)ccn2)c1. The standard InChI is InChI=1S/C42H52N6O4/c1-5-9-23-49-39-13-17-43-35(27-39)31-47(32-36-28-40(14-18-44-36)50-24-10-6-2)21-22-48(33-37-29-41(15-19-45-37)51-25-11-7-3)34-38-30-42(16-20-46-38)52-26-12-8-4/h5-8,13-20,27-30H,1-4,9-12,21-26,31-34H2. The molecule has 4 aromatic heterocycles. The van der Waals surface area contributed by atoms with Crippen LogP contribution in [0.4, 0.5) is 0 Å². The Morgan fingerprint density at radius 2 is 0.673 bits per heavy atom. The van der Waals surface area contributed by atoms with Crippen LogP contribution < -0.4 is 18.9 Å². The molecule has 0 unspecified atom stereocenters. The number of rotatable bonds is 27. The molecule has 0 atom stereocenters. The molecule has 0 aliphatic carbocycles. The van der Waals surface area contributed by atoms with Crippen LogP contribution in [0.1, 0.15) is 48.5 Å². The van der Waals surface area contributed by atoms with E-state index in [-0.39, 0.29) is 0 Å². The van der Waals surface area contributed by atoms with E-state index in [0.717, 1.165) is 71.5 Å². The summed E-state index contributed by atoms with van der Waals surface area (Å²) in [5.74, 6) is 3.14. The van der Waals surface area contributed by atoms with Gasteiger partial charge in [0.05, 0.1) is 49.2 Å². The lowest BCUT2D eigenvalue weighted by Gasteiger charge is -2.27. The molecule has 52 heavy (non-hydrogen) atoms. The number of nitrogens with zero attached hydrogens (tertiary/aromatic N) is 6. The molecule has 4 aromatic rings. The van der Waals surface area contributed by atoms with Crippen LogP contribution in [0.15, 0.2) is 124 Å². The highest BCUT2D eigenvalue weighted by molar-refractivity contribution is 5.26. The lowest BCUT2D eigenvalue weighted by atomic mass is 10.2. The van der Waals surface area contributed by atoms with Gasteiger partial charge in [-0.05, 0) is 49.9 Å². The van der Waals surface area contributed by atoms with E-state index in [1.165, 1.54) is 0 Å². The van der Waals surface area contributed by atoms with Crippen LogP contribution >= 0.6 is 0 Å². The molecule has 0 bridgehead atoms. The van der Waals surface area contributed by atoms with E-state index in [9.17, 15) is 0 Å². The van der Waals surface area contributed by atoms with Crippen molar-refractivity contribution in [1.82, 2.24) is 29.7 Å². The zero-order valence-electron chi connectivity index (χ0n) is 30.3. The molecule has 0 radical (unpaired) electrons. The van der Waals surface area contributed by atoms with E-state index >= 15 is 0 Å². The van der Waals surface area contributed by atoms with Crippen molar-refractivity contribution in [3.8, 4) is 23.0 Å². The summed E-state index contributed by atoms with van der Waals surface area (Å²) in [5.41, 5.74) is 3.60. The topological polar surface area (TPSA) is 95.0 Å². The summed E-state index contributed by atoms with van der Waals surface area (Å²) in [6, 6.07) is 15.5. The maximum absolute atomic E-state index is 5.94. The lowest BCUT2D eigenvalue weighted by Crippen LogP contribution is -2.35. The molecule has 0 fully saturated rings. The van der Waals surface area contributed by atoms with Gasteiger partial charge in [0.2, 0.25) is 0 Å². The molecule has 0 aliphatic heterocycles. The first-order valence-corrected chi connectivity index (χ1v) is 17.8. The van der Waals surface area contributed by atoms with E-state index in [4.69, 9.17) is 18.9 Å². The third kappa shape index (κ3) is 14.9. The van der Waals surface area contributed by atoms with E-state index in [2.05, 4.69) is 56.1 Å². The first-order valence-electron chi connectivity index (χ1n) is 17.8. The minimum Gasteiger partial charge on any atom is -0.493 e. The summed E-state index contributed by atoms with van der Waals surface area (Å²) >= 11 is 0. The summed E-state index contributed by atoms with van der Waals surface area (Å²) in [6.45, 7) is 21.2. The van der Waals surface area contributed by atoms with E-state index in [1.54, 1.807) is 24.8 Å². The number of pyridine rings is 4.